The van der Waals surface area contributed by atoms with E-state index in [2.05, 4.69) is 40.4 Å². The molecule has 84 valence electrons. The Morgan fingerprint density at radius 1 is 1.36 bits per heavy atom. The summed E-state index contributed by atoms with van der Waals surface area (Å²) in [6.45, 7) is 16.4. The quantitative estimate of drug-likeness (QED) is 0.578. The predicted molar refractivity (Wildman–Crippen MR) is 63.9 cm³/mol. The van der Waals surface area contributed by atoms with E-state index in [1.165, 1.54) is 6.08 Å². The van der Waals surface area contributed by atoms with Crippen molar-refractivity contribution in [2.75, 3.05) is 0 Å². The van der Waals surface area contributed by atoms with Crippen molar-refractivity contribution < 1.29 is 9.53 Å². The van der Waals surface area contributed by atoms with Crippen molar-refractivity contribution in [1.82, 2.24) is 0 Å². The summed E-state index contributed by atoms with van der Waals surface area (Å²) in [4.78, 5) is 0. The molecule has 0 aliphatic rings. The Bertz CT molecular complexity index is 194. The van der Waals surface area contributed by atoms with Crippen molar-refractivity contribution in [3.63, 3.8) is 0 Å². The molecule has 0 aromatic carbocycles. The highest BCUT2D eigenvalue weighted by atomic mass is 28.4. The van der Waals surface area contributed by atoms with Gasteiger partial charge in [0, 0.05) is 0 Å². The van der Waals surface area contributed by atoms with Crippen molar-refractivity contribution in [2.45, 2.75) is 58.0 Å². The van der Waals surface area contributed by atoms with Crippen LogP contribution in [0.2, 0.25) is 18.1 Å². The molecule has 0 bridgehead atoms. The summed E-state index contributed by atoms with van der Waals surface area (Å²) < 4.78 is 5.97. The van der Waals surface area contributed by atoms with Crippen LogP contribution in [0, 0.1) is 0 Å². The monoisotopic (exact) mass is 216 g/mol. The first-order chi connectivity index (χ1) is 6.12. The average Bonchev–Trinajstić information content (AvgIpc) is 2.00. The minimum atomic E-state index is -1.75. The summed E-state index contributed by atoms with van der Waals surface area (Å²) >= 11 is 0. The molecule has 0 saturated carbocycles. The highest BCUT2D eigenvalue weighted by Gasteiger charge is 2.39. The predicted octanol–water partition coefficient (Wildman–Crippen LogP) is 2.94. The molecule has 0 spiro atoms. The van der Waals surface area contributed by atoms with Crippen LogP contribution < -0.4 is 0 Å². The number of rotatable bonds is 4. The highest BCUT2D eigenvalue weighted by molar-refractivity contribution is 6.74. The van der Waals surface area contributed by atoms with E-state index in [9.17, 15) is 5.11 Å². The first-order valence-corrected chi connectivity index (χ1v) is 8.01. The van der Waals surface area contributed by atoms with Gasteiger partial charge in [-0.25, -0.2) is 0 Å². The van der Waals surface area contributed by atoms with Gasteiger partial charge in [0.15, 0.2) is 8.32 Å². The van der Waals surface area contributed by atoms with Gasteiger partial charge in [-0.05, 0) is 25.1 Å². The van der Waals surface area contributed by atoms with E-state index in [0.29, 0.717) is 0 Å². The van der Waals surface area contributed by atoms with Crippen LogP contribution in [0.1, 0.15) is 27.7 Å². The Morgan fingerprint density at radius 3 is 2.07 bits per heavy atom. The lowest BCUT2D eigenvalue weighted by molar-refractivity contribution is 0.0695. The molecule has 2 atom stereocenters. The maximum atomic E-state index is 9.53. The number of aliphatic hydroxyl groups is 1. The van der Waals surface area contributed by atoms with Gasteiger partial charge < -0.3 is 9.53 Å². The lowest BCUT2D eigenvalue weighted by Gasteiger charge is -2.39. The second-order valence-electron chi connectivity index (χ2n) is 5.31. The third kappa shape index (κ3) is 3.56. The molecular weight excluding hydrogens is 192 g/mol. The van der Waals surface area contributed by atoms with Gasteiger partial charge in [-0.2, -0.15) is 0 Å². The normalized spacial score (nSPS) is 17.6. The lowest BCUT2D eigenvalue weighted by Crippen LogP contribution is -2.45. The zero-order valence-corrected chi connectivity index (χ0v) is 11.3. The zero-order valence-electron chi connectivity index (χ0n) is 10.3. The minimum absolute atomic E-state index is 0.159. The molecule has 0 aromatic rings. The fourth-order valence-corrected chi connectivity index (χ4v) is 2.33. The van der Waals surface area contributed by atoms with Crippen LogP contribution in [0.15, 0.2) is 12.7 Å². The summed E-state index contributed by atoms with van der Waals surface area (Å²) in [7, 11) is -1.75. The molecule has 0 amide bonds. The van der Waals surface area contributed by atoms with E-state index in [0.717, 1.165) is 0 Å². The Balaban J connectivity index is 4.44. The fourth-order valence-electron chi connectivity index (χ4n) is 0.903. The molecule has 0 rings (SSSR count). The van der Waals surface area contributed by atoms with E-state index in [1.54, 1.807) is 0 Å². The second kappa shape index (κ2) is 4.60. The van der Waals surface area contributed by atoms with Gasteiger partial charge in [0.1, 0.15) is 0 Å². The average molecular weight is 216 g/mol. The van der Waals surface area contributed by atoms with E-state index in [4.69, 9.17) is 4.43 Å². The Hall–Kier alpha value is -0.123. The van der Waals surface area contributed by atoms with Gasteiger partial charge in [-0.3, -0.25) is 0 Å². The van der Waals surface area contributed by atoms with Crippen LogP contribution in [0.5, 0.6) is 0 Å². The number of hydrogen-bond donors (Lipinski definition) is 1. The Labute approximate surface area is 89.1 Å². The molecule has 1 N–H and O–H groups in total. The largest absolute Gasteiger partial charge is 0.411 e. The van der Waals surface area contributed by atoms with Crippen LogP contribution >= 0.6 is 0 Å². The van der Waals surface area contributed by atoms with Crippen molar-refractivity contribution in [1.29, 1.82) is 0 Å². The second-order valence-corrected chi connectivity index (χ2v) is 10.1. The summed E-state index contributed by atoms with van der Waals surface area (Å²) in [5.41, 5.74) is 0. The first kappa shape index (κ1) is 13.9. The van der Waals surface area contributed by atoms with Crippen molar-refractivity contribution in [3.05, 3.63) is 12.7 Å². The molecule has 0 heterocycles. The fraction of sp³-hybridized carbons (Fsp3) is 0.818. The van der Waals surface area contributed by atoms with Crippen LogP contribution in [0.3, 0.4) is 0 Å². The van der Waals surface area contributed by atoms with Gasteiger partial charge in [0.2, 0.25) is 0 Å². The molecule has 0 aliphatic carbocycles. The summed E-state index contributed by atoms with van der Waals surface area (Å²) in [6, 6.07) is 0. The van der Waals surface area contributed by atoms with Crippen molar-refractivity contribution >= 4 is 8.32 Å². The van der Waals surface area contributed by atoms with Crippen LogP contribution in [-0.4, -0.2) is 25.6 Å². The molecule has 0 saturated heterocycles. The van der Waals surface area contributed by atoms with Gasteiger partial charge in [-0.1, -0.05) is 26.8 Å². The summed E-state index contributed by atoms with van der Waals surface area (Å²) in [6.07, 6.45) is 0.801. The van der Waals surface area contributed by atoms with Crippen LogP contribution in [0.4, 0.5) is 0 Å². The van der Waals surface area contributed by atoms with Gasteiger partial charge >= 0.3 is 0 Å². The lowest BCUT2D eigenvalue weighted by atomic mass is 10.2. The SMILES string of the molecule is C=CC(O)[C@H](C)O[Si](C)(C)C(C)(C)C. The summed E-state index contributed by atoms with van der Waals surface area (Å²) in [5.74, 6) is 0. The van der Waals surface area contributed by atoms with E-state index in [-0.39, 0.29) is 11.1 Å². The Morgan fingerprint density at radius 2 is 1.79 bits per heavy atom. The van der Waals surface area contributed by atoms with Gasteiger partial charge in [0.05, 0.1) is 12.2 Å². The maximum Gasteiger partial charge on any atom is 0.192 e. The molecular formula is C11H24O2Si. The maximum absolute atomic E-state index is 9.53. The molecule has 0 radical (unpaired) electrons. The molecule has 14 heavy (non-hydrogen) atoms. The number of aliphatic hydroxyl groups excluding tert-OH is 1. The smallest absolute Gasteiger partial charge is 0.192 e. The van der Waals surface area contributed by atoms with E-state index >= 15 is 0 Å². The van der Waals surface area contributed by atoms with Crippen molar-refractivity contribution in [2.24, 2.45) is 0 Å². The first-order valence-electron chi connectivity index (χ1n) is 5.10. The molecule has 0 aliphatic heterocycles. The standard InChI is InChI=1S/C11H24O2Si/c1-8-10(12)9(2)13-14(6,7)11(3,4)5/h8-10,12H,1H2,2-7H3/t9-,10?/m0/s1. The topological polar surface area (TPSA) is 29.5 Å². The molecule has 0 aromatic heterocycles. The molecule has 3 heteroatoms. The number of hydrogen-bond acceptors (Lipinski definition) is 2. The van der Waals surface area contributed by atoms with Crippen LogP contribution in [-0.2, 0) is 4.43 Å². The zero-order chi connectivity index (χ0) is 11.6. The van der Waals surface area contributed by atoms with E-state index in [1.807, 2.05) is 6.92 Å². The third-order valence-electron chi connectivity index (χ3n) is 3.01. The van der Waals surface area contributed by atoms with Gasteiger partial charge in [-0.15, -0.1) is 6.58 Å². The van der Waals surface area contributed by atoms with Crippen LogP contribution in [0.25, 0.3) is 0 Å². The minimum Gasteiger partial charge on any atom is -0.411 e. The highest BCUT2D eigenvalue weighted by Crippen LogP contribution is 2.37. The summed E-state index contributed by atoms with van der Waals surface area (Å²) in [5, 5.41) is 9.72. The molecule has 1 unspecified atom stereocenters. The third-order valence-corrected chi connectivity index (χ3v) is 7.58. The Kier molecular flexibility index (Phi) is 4.56. The molecule has 0 fully saturated rings. The van der Waals surface area contributed by atoms with Gasteiger partial charge in [0.25, 0.3) is 0 Å². The van der Waals surface area contributed by atoms with E-state index < -0.39 is 14.4 Å². The van der Waals surface area contributed by atoms with Crippen molar-refractivity contribution in [3.8, 4) is 0 Å². The molecule has 2 nitrogen and oxygen atoms in total.